The molecular weight excluding hydrogens is 477 g/mol. The number of aliphatic hydroxyl groups excluding tert-OH is 4. The SMILES string of the molecule is C/C=C(\C=C=C=COC[C@H](O)/C=C/[C@@H]1C(C/C=C\CCCC(O)OC(C)C)[C@@H](O)C[C@H]1O)C(F)(F)F. The molecule has 4 N–H and O–H groups in total. The summed E-state index contributed by atoms with van der Waals surface area (Å²) in [6.07, 6.45) is 4.83. The monoisotopic (exact) mass is 516 g/mol. The summed E-state index contributed by atoms with van der Waals surface area (Å²) in [5.74, 6) is -0.557. The molecule has 0 bridgehead atoms. The van der Waals surface area contributed by atoms with Crippen molar-refractivity contribution in [1.82, 2.24) is 0 Å². The van der Waals surface area contributed by atoms with Crippen molar-refractivity contribution in [2.24, 2.45) is 11.8 Å². The number of halogens is 3. The smallest absolute Gasteiger partial charge is 0.416 e. The second-order valence-corrected chi connectivity index (χ2v) is 8.97. The van der Waals surface area contributed by atoms with Crippen LogP contribution in [0.5, 0.6) is 0 Å². The Morgan fingerprint density at radius 1 is 1.11 bits per heavy atom. The Bertz CT molecular complexity index is 820. The first-order chi connectivity index (χ1) is 17.0. The predicted molar refractivity (Wildman–Crippen MR) is 131 cm³/mol. The zero-order valence-electron chi connectivity index (χ0n) is 21.1. The fraction of sp³-hybridized carbons (Fsp3) is 0.630. The van der Waals surface area contributed by atoms with Gasteiger partial charge in [-0.3, -0.25) is 0 Å². The molecule has 0 aromatic carbocycles. The molecule has 0 heterocycles. The first-order valence-corrected chi connectivity index (χ1v) is 12.2. The first kappa shape index (κ1) is 31.9. The van der Waals surface area contributed by atoms with Gasteiger partial charge < -0.3 is 29.9 Å². The van der Waals surface area contributed by atoms with E-state index in [1.165, 1.54) is 13.0 Å². The lowest BCUT2D eigenvalue weighted by molar-refractivity contribution is -0.129. The second-order valence-electron chi connectivity index (χ2n) is 8.97. The number of alkyl halides is 3. The van der Waals surface area contributed by atoms with E-state index in [9.17, 15) is 33.6 Å². The van der Waals surface area contributed by atoms with Crippen LogP contribution in [0, 0.1) is 11.8 Å². The highest BCUT2D eigenvalue weighted by molar-refractivity contribution is 5.22. The van der Waals surface area contributed by atoms with Gasteiger partial charge in [0.15, 0.2) is 6.29 Å². The quantitative estimate of drug-likeness (QED) is 0.0679. The van der Waals surface area contributed by atoms with Crippen molar-refractivity contribution < 1.29 is 43.1 Å². The fourth-order valence-corrected chi connectivity index (χ4v) is 3.85. The minimum absolute atomic E-state index is 0.0327. The van der Waals surface area contributed by atoms with Crippen molar-refractivity contribution in [2.45, 2.75) is 89.8 Å². The number of hydrogen-bond acceptors (Lipinski definition) is 6. The molecule has 9 heteroatoms. The second kappa shape index (κ2) is 16.6. The molecule has 0 spiro atoms. The van der Waals surface area contributed by atoms with Gasteiger partial charge in [-0.05, 0) is 58.1 Å². The third kappa shape index (κ3) is 12.7. The average Bonchev–Trinajstić information content (AvgIpc) is 3.04. The molecular formula is C27H39F3O6. The zero-order valence-corrected chi connectivity index (χ0v) is 21.1. The maximum absolute atomic E-state index is 12.6. The lowest BCUT2D eigenvalue weighted by atomic mass is 9.89. The van der Waals surface area contributed by atoms with Crippen LogP contribution < -0.4 is 0 Å². The van der Waals surface area contributed by atoms with Gasteiger partial charge in [0.05, 0.1) is 23.9 Å². The highest BCUT2D eigenvalue weighted by Crippen LogP contribution is 2.36. The topological polar surface area (TPSA) is 99.4 Å². The lowest BCUT2D eigenvalue weighted by Gasteiger charge is -2.19. The Balaban J connectivity index is 2.51. The van der Waals surface area contributed by atoms with E-state index in [-0.39, 0.29) is 31.0 Å². The van der Waals surface area contributed by atoms with Gasteiger partial charge in [-0.1, -0.05) is 36.1 Å². The third-order valence-corrected chi connectivity index (χ3v) is 5.66. The third-order valence-electron chi connectivity index (χ3n) is 5.66. The van der Waals surface area contributed by atoms with Crippen LogP contribution in [-0.4, -0.2) is 63.9 Å². The number of unbranched alkanes of at least 4 members (excludes halogenated alkanes) is 1. The maximum Gasteiger partial charge on any atom is 0.416 e. The number of rotatable bonds is 14. The number of hydrogen-bond donors (Lipinski definition) is 4. The summed E-state index contributed by atoms with van der Waals surface area (Å²) in [7, 11) is 0. The molecule has 0 aliphatic heterocycles. The molecule has 1 saturated carbocycles. The van der Waals surface area contributed by atoms with E-state index in [1.54, 1.807) is 6.08 Å². The van der Waals surface area contributed by atoms with Crippen molar-refractivity contribution in [3.05, 3.63) is 59.8 Å². The van der Waals surface area contributed by atoms with Crippen molar-refractivity contribution in [3.8, 4) is 0 Å². The molecule has 6 nitrogen and oxygen atoms in total. The summed E-state index contributed by atoms with van der Waals surface area (Å²) in [6, 6.07) is 0. The van der Waals surface area contributed by atoms with Gasteiger partial charge in [0.1, 0.15) is 19.0 Å². The molecule has 1 rings (SSSR count). The summed E-state index contributed by atoms with van der Waals surface area (Å²) < 4.78 is 48.1. The molecule has 36 heavy (non-hydrogen) atoms. The van der Waals surface area contributed by atoms with Crippen molar-refractivity contribution in [2.75, 3.05) is 6.61 Å². The molecule has 0 saturated heterocycles. The van der Waals surface area contributed by atoms with E-state index >= 15 is 0 Å². The van der Waals surface area contributed by atoms with Gasteiger partial charge in [0.2, 0.25) is 0 Å². The summed E-state index contributed by atoms with van der Waals surface area (Å²) in [6.45, 7) is 4.82. The number of aliphatic hydroxyl groups is 4. The molecule has 204 valence electrons. The van der Waals surface area contributed by atoms with E-state index in [4.69, 9.17) is 9.47 Å². The van der Waals surface area contributed by atoms with E-state index < -0.39 is 36.4 Å². The Labute approximate surface area is 211 Å². The fourth-order valence-electron chi connectivity index (χ4n) is 3.85. The van der Waals surface area contributed by atoms with Gasteiger partial charge in [-0.25, -0.2) is 0 Å². The van der Waals surface area contributed by atoms with Crippen LogP contribution >= 0.6 is 0 Å². The highest BCUT2D eigenvalue weighted by atomic mass is 19.4. The molecule has 0 radical (unpaired) electrons. The molecule has 6 atom stereocenters. The number of ether oxygens (including phenoxy) is 2. The molecule has 0 aromatic heterocycles. The Hall–Kier alpha value is -2.09. The van der Waals surface area contributed by atoms with Crippen LogP contribution in [0.4, 0.5) is 13.2 Å². The summed E-state index contributed by atoms with van der Waals surface area (Å²) >= 11 is 0. The van der Waals surface area contributed by atoms with E-state index in [1.807, 2.05) is 26.0 Å². The van der Waals surface area contributed by atoms with Gasteiger partial charge in [0.25, 0.3) is 0 Å². The highest BCUT2D eigenvalue weighted by Gasteiger charge is 2.39. The van der Waals surface area contributed by atoms with Crippen LogP contribution in [0.15, 0.2) is 59.8 Å². The lowest BCUT2D eigenvalue weighted by Crippen LogP contribution is -2.21. The van der Waals surface area contributed by atoms with E-state index in [0.717, 1.165) is 31.3 Å². The molecule has 2 unspecified atom stereocenters. The molecule has 0 amide bonds. The van der Waals surface area contributed by atoms with Crippen LogP contribution in [0.2, 0.25) is 0 Å². The largest absolute Gasteiger partial charge is 0.489 e. The van der Waals surface area contributed by atoms with Crippen molar-refractivity contribution >= 4 is 0 Å². The van der Waals surface area contributed by atoms with E-state index in [2.05, 4.69) is 11.5 Å². The molecule has 1 aliphatic carbocycles. The summed E-state index contributed by atoms with van der Waals surface area (Å²) in [5, 5.41) is 40.4. The number of allylic oxidation sites excluding steroid dienone is 5. The van der Waals surface area contributed by atoms with Crippen LogP contribution in [0.25, 0.3) is 0 Å². The predicted octanol–water partition coefficient (Wildman–Crippen LogP) is 4.47. The zero-order chi connectivity index (χ0) is 27.1. The molecule has 0 aromatic rings. The average molecular weight is 517 g/mol. The Morgan fingerprint density at radius 2 is 1.83 bits per heavy atom. The van der Waals surface area contributed by atoms with Crippen LogP contribution in [-0.2, 0) is 9.47 Å². The normalized spacial score (nSPS) is 24.7. The minimum Gasteiger partial charge on any atom is -0.489 e. The Kier molecular flexibility index (Phi) is 14.7. The van der Waals surface area contributed by atoms with E-state index in [0.29, 0.717) is 12.8 Å². The van der Waals surface area contributed by atoms with Crippen LogP contribution in [0.1, 0.15) is 52.9 Å². The van der Waals surface area contributed by atoms with Gasteiger partial charge >= 0.3 is 6.18 Å². The van der Waals surface area contributed by atoms with Gasteiger partial charge in [-0.15, -0.1) is 0 Å². The standard InChI is InChI=1S/C27H39F3O6/c1-4-20(27(28,29)30)11-9-10-16-35-18-21(31)14-15-23-22(24(32)17-25(23)33)12-7-5-6-8-13-26(34)36-19(2)3/h4-5,7,11,14-16,19,21-26,31-34H,6,8,12-13,17-18H2,1-3H3/b7-5-,15-14+,16-11?,20-4+/t21-,22?,23-,24+,25-,26?/m1/s1. The van der Waals surface area contributed by atoms with Gasteiger partial charge in [0, 0.05) is 18.4 Å². The molecule has 1 aliphatic rings. The first-order valence-electron chi connectivity index (χ1n) is 12.2. The summed E-state index contributed by atoms with van der Waals surface area (Å²) in [4.78, 5) is 0. The van der Waals surface area contributed by atoms with Crippen molar-refractivity contribution in [1.29, 1.82) is 0 Å². The van der Waals surface area contributed by atoms with Crippen molar-refractivity contribution in [3.63, 3.8) is 0 Å². The van der Waals surface area contributed by atoms with Crippen LogP contribution in [0.3, 0.4) is 0 Å². The Morgan fingerprint density at radius 3 is 2.47 bits per heavy atom. The maximum atomic E-state index is 12.6. The summed E-state index contributed by atoms with van der Waals surface area (Å²) in [5.41, 5.74) is 3.68. The minimum atomic E-state index is -4.47. The molecule has 1 fully saturated rings. The van der Waals surface area contributed by atoms with Gasteiger partial charge in [-0.2, -0.15) is 13.2 Å².